The molecule has 0 aromatic heterocycles. The maximum Gasteiger partial charge on any atom is 1.00 e. The Labute approximate surface area is 153 Å². The van der Waals surface area contributed by atoms with Gasteiger partial charge in [-0.3, -0.25) is 0 Å². The Hall–Kier alpha value is 0.680. The minimum absolute atomic E-state index is 0. The van der Waals surface area contributed by atoms with E-state index in [1.165, 1.54) is 64.2 Å². The quantitative estimate of drug-likeness (QED) is 0.437. The Balaban J connectivity index is 0.00000110. The topological polar surface area (TPSA) is 0 Å². The molecule has 0 amide bonds. The molecule has 0 saturated heterocycles. The second-order valence-electron chi connectivity index (χ2n) is 6.33. The second kappa shape index (κ2) is 10.5. The van der Waals surface area contributed by atoms with Crippen LogP contribution in [0.4, 0.5) is 0 Å². The van der Waals surface area contributed by atoms with Crippen molar-refractivity contribution in [2.24, 2.45) is 0 Å². The van der Waals surface area contributed by atoms with Crippen molar-refractivity contribution < 1.29 is 34.8 Å². The molecule has 0 radical (unpaired) electrons. The van der Waals surface area contributed by atoms with Gasteiger partial charge in [-0.1, -0.05) is 76.8 Å². The molecule has 2 aliphatic rings. The van der Waals surface area contributed by atoms with Crippen LogP contribution in [0.2, 0.25) is 0 Å². The summed E-state index contributed by atoms with van der Waals surface area (Å²) in [5, 5.41) is 1.70. The fourth-order valence-electron chi connectivity index (χ4n) is 4.04. The summed E-state index contributed by atoms with van der Waals surface area (Å²) in [6.07, 6.45) is 15.0. The van der Waals surface area contributed by atoms with Crippen molar-refractivity contribution >= 4 is 13.2 Å². The molecule has 0 aliphatic heterocycles. The van der Waals surface area contributed by atoms with Crippen molar-refractivity contribution in [1.29, 1.82) is 0 Å². The molecular formula is C18H27AuClP. The van der Waals surface area contributed by atoms with Crippen molar-refractivity contribution in [2.75, 3.05) is 0 Å². The van der Waals surface area contributed by atoms with Crippen LogP contribution in [0.3, 0.4) is 0 Å². The molecule has 0 atom stereocenters. The molecule has 0 spiro atoms. The average molecular weight is 507 g/mol. The van der Waals surface area contributed by atoms with E-state index < -0.39 is 0 Å². The molecule has 2 fully saturated rings. The second-order valence-corrected chi connectivity index (χ2v) is 9.12. The average Bonchev–Trinajstić information content (AvgIpc) is 2.51. The van der Waals surface area contributed by atoms with Gasteiger partial charge in [0.1, 0.15) is 0 Å². The number of rotatable bonds is 3. The first-order chi connectivity index (χ1) is 9.45. The molecule has 0 N–H and O–H groups in total. The standard InChI is InChI=1S/C18H27P.Au.ClH/c1-4-10-16(11-5-1)19(17-12-6-2-7-13-17)18-14-8-3-9-15-18;;/h1,4-5,10-11,17-18H,2-3,6-9,12-15H2;;1H/q;+1;/p-1. The Morgan fingerprint density at radius 2 is 1.10 bits per heavy atom. The maximum atomic E-state index is 2.43. The van der Waals surface area contributed by atoms with Gasteiger partial charge in [0.05, 0.1) is 0 Å². The third kappa shape index (κ3) is 5.36. The van der Waals surface area contributed by atoms with Crippen LogP contribution in [0.1, 0.15) is 64.2 Å². The third-order valence-corrected chi connectivity index (χ3v) is 8.49. The fraction of sp³-hybridized carbons (Fsp3) is 0.667. The number of halogens is 1. The summed E-state index contributed by atoms with van der Waals surface area (Å²) >= 11 is 0. The Bertz CT molecular complexity index is 354. The van der Waals surface area contributed by atoms with Gasteiger partial charge in [-0.15, -0.1) is 0 Å². The van der Waals surface area contributed by atoms with E-state index >= 15 is 0 Å². The molecule has 21 heavy (non-hydrogen) atoms. The van der Waals surface area contributed by atoms with Crippen molar-refractivity contribution in [3.8, 4) is 0 Å². The summed E-state index contributed by atoms with van der Waals surface area (Å²) < 4.78 is 0. The first-order valence-corrected chi connectivity index (χ1v) is 9.76. The summed E-state index contributed by atoms with van der Waals surface area (Å²) in [7, 11) is 0.108. The molecule has 2 saturated carbocycles. The molecule has 0 nitrogen and oxygen atoms in total. The third-order valence-electron chi connectivity index (χ3n) is 4.99. The molecule has 3 heteroatoms. The van der Waals surface area contributed by atoms with E-state index in [1.807, 2.05) is 0 Å². The largest absolute Gasteiger partial charge is 1.00 e. The SMILES string of the molecule is [Au+].[Cl-].c1ccc(P(C2CCCCC2)C2CCCCC2)cc1. The summed E-state index contributed by atoms with van der Waals surface area (Å²) in [4.78, 5) is 0. The Morgan fingerprint density at radius 3 is 1.52 bits per heavy atom. The van der Waals surface area contributed by atoms with E-state index in [1.54, 1.807) is 5.30 Å². The van der Waals surface area contributed by atoms with Gasteiger partial charge in [0.15, 0.2) is 0 Å². The zero-order valence-electron chi connectivity index (χ0n) is 12.7. The zero-order chi connectivity index (χ0) is 12.9. The predicted octanol–water partition coefficient (Wildman–Crippen LogP) is 2.46. The van der Waals surface area contributed by atoms with Crippen molar-refractivity contribution in [1.82, 2.24) is 0 Å². The smallest absolute Gasteiger partial charge is 1.00 e. The molecule has 3 rings (SSSR count). The van der Waals surface area contributed by atoms with Gasteiger partial charge in [0.2, 0.25) is 0 Å². The number of benzene rings is 1. The van der Waals surface area contributed by atoms with Crippen LogP contribution in [0.5, 0.6) is 0 Å². The van der Waals surface area contributed by atoms with Crippen LogP contribution in [0.15, 0.2) is 30.3 Å². The Morgan fingerprint density at radius 1 is 0.667 bits per heavy atom. The minimum Gasteiger partial charge on any atom is -1.00 e. The fourth-order valence-corrected chi connectivity index (χ4v) is 7.84. The molecule has 1 aromatic carbocycles. The predicted molar refractivity (Wildman–Crippen MR) is 86.7 cm³/mol. The van der Waals surface area contributed by atoms with Crippen LogP contribution in [0, 0.1) is 0 Å². The molecular weight excluding hydrogens is 480 g/mol. The zero-order valence-corrected chi connectivity index (χ0v) is 16.6. The van der Waals surface area contributed by atoms with E-state index in [9.17, 15) is 0 Å². The minimum atomic E-state index is 0. The number of hydrogen-bond donors (Lipinski definition) is 0. The summed E-state index contributed by atoms with van der Waals surface area (Å²) in [5.41, 5.74) is 2.07. The van der Waals surface area contributed by atoms with Crippen molar-refractivity contribution in [3.05, 3.63) is 30.3 Å². The molecule has 2 aliphatic carbocycles. The van der Waals surface area contributed by atoms with Crippen LogP contribution in [-0.4, -0.2) is 11.3 Å². The first kappa shape index (κ1) is 19.7. The first-order valence-electron chi connectivity index (χ1n) is 8.28. The monoisotopic (exact) mass is 506 g/mol. The van der Waals surface area contributed by atoms with Gasteiger partial charge < -0.3 is 12.4 Å². The van der Waals surface area contributed by atoms with E-state index in [0.29, 0.717) is 0 Å². The molecule has 0 unspecified atom stereocenters. The van der Waals surface area contributed by atoms with Crippen molar-refractivity contribution in [3.63, 3.8) is 0 Å². The van der Waals surface area contributed by atoms with Gasteiger partial charge in [0, 0.05) is 0 Å². The molecule has 122 valence electrons. The Kier molecular flexibility index (Phi) is 9.82. The molecule has 1 aromatic rings. The summed E-state index contributed by atoms with van der Waals surface area (Å²) in [5.74, 6) is 0. The number of hydrogen-bond acceptors (Lipinski definition) is 0. The van der Waals surface area contributed by atoms with E-state index in [4.69, 9.17) is 0 Å². The van der Waals surface area contributed by atoms with Gasteiger partial charge in [-0.2, -0.15) is 0 Å². The van der Waals surface area contributed by atoms with Crippen molar-refractivity contribution in [2.45, 2.75) is 75.5 Å². The van der Waals surface area contributed by atoms with Crippen LogP contribution >= 0.6 is 7.92 Å². The maximum absolute atomic E-state index is 2.43. The van der Waals surface area contributed by atoms with Crippen LogP contribution in [0.25, 0.3) is 0 Å². The van der Waals surface area contributed by atoms with Crippen LogP contribution < -0.4 is 17.7 Å². The van der Waals surface area contributed by atoms with E-state index in [2.05, 4.69) is 30.3 Å². The van der Waals surface area contributed by atoms with Gasteiger partial charge in [-0.05, 0) is 42.3 Å². The van der Waals surface area contributed by atoms with Crippen LogP contribution in [-0.2, 0) is 22.4 Å². The van der Waals surface area contributed by atoms with E-state index in [-0.39, 0.29) is 42.7 Å². The molecule has 0 heterocycles. The van der Waals surface area contributed by atoms with Gasteiger partial charge in [0.25, 0.3) is 0 Å². The van der Waals surface area contributed by atoms with Gasteiger partial charge >= 0.3 is 22.4 Å². The summed E-state index contributed by atoms with van der Waals surface area (Å²) in [6, 6.07) is 11.6. The normalized spacial score (nSPS) is 20.6. The molecule has 0 bridgehead atoms. The van der Waals surface area contributed by atoms with E-state index in [0.717, 1.165) is 11.3 Å². The summed E-state index contributed by atoms with van der Waals surface area (Å²) in [6.45, 7) is 0. The van der Waals surface area contributed by atoms with Gasteiger partial charge in [-0.25, -0.2) is 0 Å².